The van der Waals surface area contributed by atoms with Crippen LogP contribution in [-0.4, -0.2) is 21.4 Å². The molecule has 0 saturated heterocycles. The fourth-order valence-corrected chi connectivity index (χ4v) is 3.13. The van der Waals surface area contributed by atoms with Gasteiger partial charge in [0.25, 0.3) is 0 Å². The van der Waals surface area contributed by atoms with Gasteiger partial charge in [0.2, 0.25) is 0 Å². The molecule has 1 aromatic rings. The fourth-order valence-electron chi connectivity index (χ4n) is 2.87. The Hall–Kier alpha value is -0.700. The highest BCUT2D eigenvalue weighted by molar-refractivity contribution is 7.99. The van der Waals surface area contributed by atoms with Gasteiger partial charge in [-0.1, -0.05) is 13.8 Å². The van der Waals surface area contributed by atoms with E-state index in [9.17, 15) is 4.79 Å². The van der Waals surface area contributed by atoms with Crippen LogP contribution in [0, 0.1) is 12.3 Å². The number of hydrogen-bond acceptors (Lipinski definition) is 2. The lowest BCUT2D eigenvalue weighted by Crippen LogP contribution is -2.30. The number of ketones is 1. The van der Waals surface area contributed by atoms with Crippen molar-refractivity contribution < 1.29 is 4.79 Å². The largest absolute Gasteiger partial charge is 0.347 e. The minimum Gasteiger partial charge on any atom is -0.347 e. The Morgan fingerprint density at radius 3 is 2.58 bits per heavy atom. The van der Waals surface area contributed by atoms with Crippen LogP contribution in [0.3, 0.4) is 0 Å². The topological polar surface area (TPSA) is 22.0 Å². The van der Waals surface area contributed by atoms with E-state index < -0.39 is 0 Å². The quantitative estimate of drug-likeness (QED) is 0.831. The lowest BCUT2D eigenvalue weighted by molar-refractivity contribution is 0.0909. The molecule has 0 unspecified atom stereocenters. The van der Waals surface area contributed by atoms with Gasteiger partial charge in [0.05, 0.1) is 0 Å². The summed E-state index contributed by atoms with van der Waals surface area (Å²) < 4.78 is 2.56. The van der Waals surface area contributed by atoms with Crippen LogP contribution in [-0.2, 0) is 13.0 Å². The second-order valence-electron chi connectivity index (χ2n) is 7.14. The predicted molar refractivity (Wildman–Crippen MR) is 83.2 cm³/mol. The average molecular weight is 279 g/mol. The number of aromatic nitrogens is 1. The summed E-state index contributed by atoms with van der Waals surface area (Å²) in [5.74, 6) is 0.315. The first kappa shape index (κ1) is 14.7. The highest BCUT2D eigenvalue weighted by atomic mass is 32.2. The van der Waals surface area contributed by atoms with E-state index in [0.717, 1.165) is 18.5 Å². The first-order chi connectivity index (χ1) is 8.65. The molecule has 0 aliphatic heterocycles. The van der Waals surface area contributed by atoms with Crippen LogP contribution in [0.1, 0.15) is 55.9 Å². The Bertz CT molecular complexity index is 511. The van der Waals surface area contributed by atoms with Gasteiger partial charge in [-0.15, -0.1) is 0 Å². The number of carbonyl (C=O) groups is 1. The number of hydrogen-bond donors (Lipinski definition) is 0. The van der Waals surface area contributed by atoms with Crippen molar-refractivity contribution in [3.63, 3.8) is 0 Å². The third-order valence-electron chi connectivity index (χ3n) is 4.09. The number of thioether (sulfide) groups is 1. The molecule has 0 saturated carbocycles. The number of nitrogens with zero attached hydrogens (tertiary/aromatic N) is 1. The first-order valence-corrected chi connectivity index (χ1v) is 8.15. The van der Waals surface area contributed by atoms with Crippen molar-refractivity contribution in [2.45, 2.75) is 58.8 Å². The standard InChI is InChI=1S/C16H25NOS/c1-11-7-12-13(8-15(2,3)9-14(12)18)17(11)10-16(4,5)19-6/h7H,8-10H2,1-6H3. The zero-order valence-corrected chi connectivity index (χ0v) is 13.8. The van der Waals surface area contributed by atoms with Crippen molar-refractivity contribution in [2.24, 2.45) is 5.41 Å². The van der Waals surface area contributed by atoms with Crippen molar-refractivity contribution in [1.82, 2.24) is 4.57 Å². The van der Waals surface area contributed by atoms with Crippen LogP contribution in [0.15, 0.2) is 6.07 Å². The van der Waals surface area contributed by atoms with E-state index in [-0.39, 0.29) is 10.2 Å². The van der Waals surface area contributed by atoms with E-state index in [1.165, 1.54) is 11.4 Å². The summed E-state index contributed by atoms with van der Waals surface area (Å²) in [6.07, 6.45) is 3.84. The van der Waals surface area contributed by atoms with Crippen LogP contribution in [0.2, 0.25) is 0 Å². The van der Waals surface area contributed by atoms with Gasteiger partial charge in [-0.3, -0.25) is 4.79 Å². The van der Waals surface area contributed by atoms with Gasteiger partial charge in [-0.05, 0) is 44.9 Å². The van der Waals surface area contributed by atoms with Crippen LogP contribution in [0.5, 0.6) is 0 Å². The number of Topliss-reactive ketones (excluding diaryl/α,β-unsaturated/α-hetero) is 1. The van der Waals surface area contributed by atoms with Gasteiger partial charge in [0, 0.05) is 34.7 Å². The van der Waals surface area contributed by atoms with Gasteiger partial charge < -0.3 is 4.57 Å². The molecule has 3 heteroatoms. The maximum absolute atomic E-state index is 12.3. The molecule has 0 fully saturated rings. The van der Waals surface area contributed by atoms with Crippen molar-refractivity contribution in [3.05, 3.63) is 23.0 Å². The van der Waals surface area contributed by atoms with Crippen molar-refractivity contribution >= 4 is 17.5 Å². The molecule has 0 N–H and O–H groups in total. The normalized spacial score (nSPS) is 18.5. The molecule has 0 aromatic carbocycles. The highest BCUT2D eigenvalue weighted by Gasteiger charge is 2.34. The molecule has 0 amide bonds. The van der Waals surface area contributed by atoms with E-state index in [0.29, 0.717) is 12.2 Å². The maximum atomic E-state index is 12.3. The van der Waals surface area contributed by atoms with Gasteiger partial charge in [0.15, 0.2) is 5.78 Å². The van der Waals surface area contributed by atoms with Gasteiger partial charge in [-0.25, -0.2) is 0 Å². The Labute approximate surface area is 121 Å². The van der Waals surface area contributed by atoms with Crippen LogP contribution < -0.4 is 0 Å². The molecule has 2 rings (SSSR count). The Balaban J connectivity index is 2.45. The van der Waals surface area contributed by atoms with Crippen molar-refractivity contribution in [1.29, 1.82) is 0 Å². The van der Waals surface area contributed by atoms with E-state index in [2.05, 4.69) is 51.5 Å². The molecule has 0 atom stereocenters. The summed E-state index contributed by atoms with van der Waals surface area (Å²) in [6, 6.07) is 2.09. The van der Waals surface area contributed by atoms with E-state index in [1.807, 2.05) is 11.8 Å². The summed E-state index contributed by atoms with van der Waals surface area (Å²) in [4.78, 5) is 12.3. The second kappa shape index (κ2) is 4.69. The third kappa shape index (κ3) is 2.91. The molecule has 1 aromatic heterocycles. The van der Waals surface area contributed by atoms with Gasteiger partial charge in [0.1, 0.15) is 0 Å². The summed E-state index contributed by atoms with van der Waals surface area (Å²) in [7, 11) is 0. The molecule has 19 heavy (non-hydrogen) atoms. The minimum absolute atomic E-state index is 0.0934. The fraction of sp³-hybridized carbons (Fsp3) is 0.688. The van der Waals surface area contributed by atoms with Crippen LogP contribution in [0.25, 0.3) is 0 Å². The van der Waals surface area contributed by atoms with E-state index in [4.69, 9.17) is 0 Å². The molecule has 2 nitrogen and oxygen atoms in total. The minimum atomic E-state index is 0.0934. The lowest BCUT2D eigenvalue weighted by atomic mass is 9.76. The zero-order chi connectivity index (χ0) is 14.4. The average Bonchev–Trinajstić information content (AvgIpc) is 2.56. The van der Waals surface area contributed by atoms with E-state index in [1.54, 1.807) is 0 Å². The van der Waals surface area contributed by atoms with Crippen LogP contribution in [0.4, 0.5) is 0 Å². The monoisotopic (exact) mass is 279 g/mol. The molecular formula is C16H25NOS. The summed E-state index contributed by atoms with van der Waals surface area (Å²) >= 11 is 1.88. The van der Waals surface area contributed by atoms with Gasteiger partial charge in [-0.2, -0.15) is 11.8 Å². The number of carbonyl (C=O) groups excluding carboxylic acids is 1. The van der Waals surface area contributed by atoms with Crippen molar-refractivity contribution in [3.8, 4) is 0 Å². The predicted octanol–water partition coefficient (Wildman–Crippen LogP) is 4.09. The molecule has 1 aliphatic carbocycles. The zero-order valence-electron chi connectivity index (χ0n) is 13.0. The van der Waals surface area contributed by atoms with Gasteiger partial charge >= 0.3 is 0 Å². The molecule has 0 bridgehead atoms. The highest BCUT2D eigenvalue weighted by Crippen LogP contribution is 2.37. The molecule has 0 spiro atoms. The Morgan fingerprint density at radius 1 is 1.37 bits per heavy atom. The first-order valence-electron chi connectivity index (χ1n) is 6.93. The summed E-state index contributed by atoms with van der Waals surface area (Å²) in [6.45, 7) is 12.0. The Morgan fingerprint density at radius 2 is 2.00 bits per heavy atom. The summed E-state index contributed by atoms with van der Waals surface area (Å²) in [5.41, 5.74) is 3.53. The number of aryl methyl sites for hydroxylation is 1. The molecule has 1 aliphatic rings. The Kier molecular flexibility index (Phi) is 3.63. The lowest BCUT2D eigenvalue weighted by Gasteiger charge is -2.32. The maximum Gasteiger partial charge on any atom is 0.165 e. The smallest absolute Gasteiger partial charge is 0.165 e. The summed E-state index contributed by atoms with van der Waals surface area (Å²) in [5, 5.41) is 0. The molecular weight excluding hydrogens is 254 g/mol. The molecule has 0 radical (unpaired) electrons. The number of rotatable bonds is 3. The molecule has 106 valence electrons. The second-order valence-corrected chi connectivity index (χ2v) is 8.65. The van der Waals surface area contributed by atoms with Crippen LogP contribution >= 0.6 is 11.8 Å². The third-order valence-corrected chi connectivity index (χ3v) is 5.33. The SMILES string of the molecule is CSC(C)(C)Cn1c(C)cc2c1CC(C)(C)CC2=O. The number of fused-ring (bicyclic) bond motifs is 1. The van der Waals surface area contributed by atoms with E-state index >= 15 is 0 Å². The molecule has 1 heterocycles. The van der Waals surface area contributed by atoms with Crippen molar-refractivity contribution in [2.75, 3.05) is 6.26 Å².